The molecule has 1 fully saturated rings. The predicted molar refractivity (Wildman–Crippen MR) is 79.0 cm³/mol. The Morgan fingerprint density at radius 1 is 1.33 bits per heavy atom. The smallest absolute Gasteiger partial charge is 0.0963 e. The third-order valence-electron chi connectivity index (χ3n) is 4.42. The summed E-state index contributed by atoms with van der Waals surface area (Å²) in [7, 11) is 0. The SMILES string of the molecule is CCCC1CCCN(CCC(C)(C)C(=N)N)CC1. The van der Waals surface area contributed by atoms with Gasteiger partial charge in [0.15, 0.2) is 0 Å². The van der Waals surface area contributed by atoms with E-state index in [0.29, 0.717) is 5.84 Å². The maximum absolute atomic E-state index is 7.60. The Bertz CT molecular complexity index is 260. The Kier molecular flexibility index (Phi) is 6.13. The van der Waals surface area contributed by atoms with Crippen LogP contribution in [0.5, 0.6) is 0 Å². The van der Waals surface area contributed by atoms with Crippen molar-refractivity contribution in [3.8, 4) is 0 Å². The summed E-state index contributed by atoms with van der Waals surface area (Å²) >= 11 is 0. The van der Waals surface area contributed by atoms with E-state index < -0.39 is 0 Å². The molecule has 0 aromatic carbocycles. The highest BCUT2D eigenvalue weighted by molar-refractivity contribution is 5.82. The van der Waals surface area contributed by atoms with E-state index in [-0.39, 0.29) is 5.41 Å². The number of nitrogens with one attached hydrogen (secondary N) is 1. The van der Waals surface area contributed by atoms with Gasteiger partial charge in [0.05, 0.1) is 5.84 Å². The van der Waals surface area contributed by atoms with Crippen molar-refractivity contribution in [2.24, 2.45) is 17.1 Å². The van der Waals surface area contributed by atoms with Crippen LogP contribution < -0.4 is 5.73 Å². The van der Waals surface area contributed by atoms with Crippen molar-refractivity contribution in [1.29, 1.82) is 5.41 Å². The lowest BCUT2D eigenvalue weighted by Crippen LogP contribution is -2.36. The molecule has 0 aliphatic carbocycles. The van der Waals surface area contributed by atoms with Gasteiger partial charge in [-0.25, -0.2) is 0 Å². The van der Waals surface area contributed by atoms with Gasteiger partial charge in [-0.3, -0.25) is 5.41 Å². The van der Waals surface area contributed by atoms with Gasteiger partial charge in [-0.15, -0.1) is 0 Å². The van der Waals surface area contributed by atoms with Crippen LogP contribution in [0.15, 0.2) is 0 Å². The Balaban J connectivity index is 2.33. The molecule has 3 nitrogen and oxygen atoms in total. The molecule has 0 bridgehead atoms. The molecule has 1 atom stereocenters. The predicted octanol–water partition coefficient (Wildman–Crippen LogP) is 3.24. The largest absolute Gasteiger partial charge is 0.387 e. The minimum absolute atomic E-state index is 0.144. The summed E-state index contributed by atoms with van der Waals surface area (Å²) in [4.78, 5) is 2.57. The molecule has 3 heteroatoms. The van der Waals surface area contributed by atoms with E-state index in [4.69, 9.17) is 11.1 Å². The number of hydrogen-bond acceptors (Lipinski definition) is 2. The van der Waals surface area contributed by atoms with E-state index in [9.17, 15) is 0 Å². The fraction of sp³-hybridized carbons (Fsp3) is 0.933. The van der Waals surface area contributed by atoms with Crippen molar-refractivity contribution < 1.29 is 0 Å². The van der Waals surface area contributed by atoms with E-state index in [1.165, 1.54) is 45.2 Å². The lowest BCUT2D eigenvalue weighted by Gasteiger charge is -2.27. The van der Waals surface area contributed by atoms with Gasteiger partial charge in [0.1, 0.15) is 0 Å². The van der Waals surface area contributed by atoms with Crippen molar-refractivity contribution >= 4 is 5.84 Å². The second-order valence-electron chi connectivity index (χ2n) is 6.47. The lowest BCUT2D eigenvalue weighted by atomic mass is 9.88. The zero-order valence-electron chi connectivity index (χ0n) is 12.5. The molecule has 1 unspecified atom stereocenters. The van der Waals surface area contributed by atoms with Crippen LogP contribution in [0.2, 0.25) is 0 Å². The first kappa shape index (κ1) is 15.5. The molecule has 1 rings (SSSR count). The monoisotopic (exact) mass is 253 g/mol. The summed E-state index contributed by atoms with van der Waals surface area (Å²) in [5.74, 6) is 1.27. The third-order valence-corrected chi connectivity index (χ3v) is 4.42. The summed E-state index contributed by atoms with van der Waals surface area (Å²) in [6.07, 6.45) is 7.82. The highest BCUT2D eigenvalue weighted by Gasteiger charge is 2.23. The van der Waals surface area contributed by atoms with Gasteiger partial charge < -0.3 is 10.6 Å². The molecule has 0 amide bonds. The van der Waals surface area contributed by atoms with Crippen LogP contribution in [-0.2, 0) is 0 Å². The summed E-state index contributed by atoms with van der Waals surface area (Å²) in [6, 6.07) is 0. The van der Waals surface area contributed by atoms with Crippen LogP contribution in [-0.4, -0.2) is 30.4 Å². The van der Waals surface area contributed by atoms with E-state index >= 15 is 0 Å². The first-order valence-corrected chi connectivity index (χ1v) is 7.52. The van der Waals surface area contributed by atoms with Crippen molar-refractivity contribution in [2.75, 3.05) is 19.6 Å². The van der Waals surface area contributed by atoms with E-state index in [1.54, 1.807) is 0 Å². The van der Waals surface area contributed by atoms with Crippen molar-refractivity contribution in [3.63, 3.8) is 0 Å². The molecule has 1 aliphatic rings. The number of rotatable bonds is 6. The quantitative estimate of drug-likeness (QED) is 0.564. The first-order valence-electron chi connectivity index (χ1n) is 7.52. The fourth-order valence-electron chi connectivity index (χ4n) is 2.72. The van der Waals surface area contributed by atoms with Gasteiger partial charge in [-0.1, -0.05) is 33.6 Å². The molecule has 0 saturated carbocycles. The molecule has 0 aromatic heterocycles. The van der Waals surface area contributed by atoms with Gasteiger partial charge in [-0.2, -0.15) is 0 Å². The molecule has 0 radical (unpaired) electrons. The summed E-state index contributed by atoms with van der Waals surface area (Å²) in [6.45, 7) is 10.00. The topological polar surface area (TPSA) is 53.1 Å². The molecule has 1 aliphatic heterocycles. The minimum Gasteiger partial charge on any atom is -0.387 e. The van der Waals surface area contributed by atoms with Crippen molar-refractivity contribution in [1.82, 2.24) is 4.90 Å². The molecule has 1 saturated heterocycles. The number of hydrogen-bond donors (Lipinski definition) is 2. The third kappa shape index (κ3) is 4.97. The number of amidine groups is 1. The zero-order chi connectivity index (χ0) is 13.6. The Hall–Kier alpha value is -0.570. The molecule has 18 heavy (non-hydrogen) atoms. The molecular formula is C15H31N3. The summed E-state index contributed by atoms with van der Waals surface area (Å²) in [5.41, 5.74) is 5.50. The minimum atomic E-state index is -0.144. The van der Waals surface area contributed by atoms with Crippen LogP contribution in [0.4, 0.5) is 0 Å². The van der Waals surface area contributed by atoms with Crippen molar-refractivity contribution in [3.05, 3.63) is 0 Å². The molecule has 0 aromatic rings. The molecular weight excluding hydrogens is 222 g/mol. The number of nitrogens with two attached hydrogens (primary N) is 1. The summed E-state index contributed by atoms with van der Waals surface area (Å²) < 4.78 is 0. The van der Waals surface area contributed by atoms with Crippen molar-refractivity contribution in [2.45, 2.75) is 59.3 Å². The zero-order valence-corrected chi connectivity index (χ0v) is 12.5. The molecule has 3 N–H and O–H groups in total. The summed E-state index contributed by atoms with van der Waals surface area (Å²) in [5, 5.41) is 7.60. The maximum atomic E-state index is 7.60. The van der Waals surface area contributed by atoms with E-state index in [0.717, 1.165) is 18.9 Å². The van der Waals surface area contributed by atoms with E-state index in [2.05, 4.69) is 25.7 Å². The lowest BCUT2D eigenvalue weighted by molar-refractivity contribution is 0.249. The Morgan fingerprint density at radius 3 is 2.67 bits per heavy atom. The Labute approximate surface area is 113 Å². The first-order chi connectivity index (χ1) is 8.45. The highest BCUT2D eigenvalue weighted by atomic mass is 15.1. The average molecular weight is 253 g/mol. The van der Waals surface area contributed by atoms with Crippen LogP contribution in [0.1, 0.15) is 59.3 Å². The fourth-order valence-corrected chi connectivity index (χ4v) is 2.72. The van der Waals surface area contributed by atoms with Gasteiger partial charge in [0, 0.05) is 5.41 Å². The molecule has 1 heterocycles. The second kappa shape index (κ2) is 7.13. The van der Waals surface area contributed by atoms with Crippen LogP contribution in [0.25, 0.3) is 0 Å². The van der Waals surface area contributed by atoms with E-state index in [1.807, 2.05) is 0 Å². The van der Waals surface area contributed by atoms with Gasteiger partial charge >= 0.3 is 0 Å². The molecule has 106 valence electrons. The Morgan fingerprint density at radius 2 is 2.06 bits per heavy atom. The van der Waals surface area contributed by atoms with Crippen LogP contribution in [0, 0.1) is 16.7 Å². The average Bonchev–Trinajstić information content (AvgIpc) is 2.52. The van der Waals surface area contributed by atoms with Crippen LogP contribution >= 0.6 is 0 Å². The number of likely N-dealkylation sites (tertiary alicyclic amines) is 1. The molecule has 0 spiro atoms. The number of nitrogens with zero attached hydrogens (tertiary/aromatic N) is 1. The normalized spacial score (nSPS) is 22.7. The van der Waals surface area contributed by atoms with Gasteiger partial charge in [-0.05, 0) is 51.2 Å². The van der Waals surface area contributed by atoms with Gasteiger partial charge in [0.2, 0.25) is 0 Å². The van der Waals surface area contributed by atoms with Crippen LogP contribution in [0.3, 0.4) is 0 Å². The standard InChI is InChI=1S/C15H31N3/c1-4-6-13-7-5-10-18(11-8-13)12-9-15(2,3)14(16)17/h13H,4-12H2,1-3H3,(H3,16,17). The highest BCUT2D eigenvalue weighted by Crippen LogP contribution is 2.24. The second-order valence-corrected chi connectivity index (χ2v) is 6.47. The maximum Gasteiger partial charge on any atom is 0.0963 e. The van der Waals surface area contributed by atoms with Gasteiger partial charge in [0.25, 0.3) is 0 Å².